The molecule has 5 saturated carbocycles. The molecule has 5 aliphatic heterocycles. The van der Waals surface area contributed by atoms with Crippen LogP contribution in [-0.2, 0) is 47.4 Å². The van der Waals surface area contributed by atoms with Gasteiger partial charge >= 0.3 is 0 Å². The molecular formula is C53H86O23. The number of hydrogen-bond donors (Lipinski definition) is 13. The zero-order chi connectivity index (χ0) is 55.2. The minimum absolute atomic E-state index is 0.0697. The number of aldehydes is 1. The van der Waals surface area contributed by atoms with E-state index in [0.29, 0.717) is 44.9 Å². The van der Waals surface area contributed by atoms with Crippen molar-refractivity contribution in [3.63, 3.8) is 0 Å². The Kier molecular flexibility index (Phi) is 15.5. The second-order valence-electron chi connectivity index (χ2n) is 26.3. The maximum Gasteiger partial charge on any atom is 0.187 e. The van der Waals surface area contributed by atoms with Gasteiger partial charge in [-0.05, 0) is 99.2 Å². The fourth-order valence-electron chi connectivity index (χ4n) is 17.7. The Morgan fingerprint density at radius 2 is 1.14 bits per heavy atom. The fraction of sp³-hybridized carbons (Fsp3) is 0.981. The van der Waals surface area contributed by atoms with Gasteiger partial charge in [-0.15, -0.1) is 0 Å². The Labute approximate surface area is 442 Å². The van der Waals surface area contributed by atoms with Crippen LogP contribution in [-0.4, -0.2) is 233 Å². The molecule has 436 valence electrons. The van der Waals surface area contributed by atoms with E-state index in [1.165, 1.54) is 6.92 Å². The Bertz CT molecular complexity index is 2090. The van der Waals surface area contributed by atoms with Crippen LogP contribution in [0.4, 0.5) is 0 Å². The number of carbonyl (C=O) groups is 1. The molecule has 31 unspecified atom stereocenters. The van der Waals surface area contributed by atoms with Crippen molar-refractivity contribution in [3.05, 3.63) is 0 Å². The zero-order valence-corrected chi connectivity index (χ0v) is 44.6. The van der Waals surface area contributed by atoms with E-state index in [0.717, 1.165) is 25.5 Å². The van der Waals surface area contributed by atoms with E-state index in [1.54, 1.807) is 0 Å². The summed E-state index contributed by atoms with van der Waals surface area (Å²) in [4.78, 5) is 12.6. The Hall–Kier alpha value is -1.21. The van der Waals surface area contributed by atoms with Crippen LogP contribution in [0.3, 0.4) is 0 Å². The lowest BCUT2D eigenvalue weighted by atomic mass is 9.30. The molecule has 23 heteroatoms. The highest BCUT2D eigenvalue weighted by molar-refractivity contribution is 5.59. The minimum Gasteiger partial charge on any atom is -0.394 e. The van der Waals surface area contributed by atoms with Gasteiger partial charge in [-0.2, -0.15) is 0 Å². The molecule has 23 nitrogen and oxygen atoms in total. The van der Waals surface area contributed by atoms with Gasteiger partial charge in [-0.3, -0.25) is 0 Å². The van der Waals surface area contributed by atoms with Crippen molar-refractivity contribution >= 4 is 6.29 Å². The van der Waals surface area contributed by atoms with E-state index >= 15 is 0 Å². The van der Waals surface area contributed by atoms with E-state index in [-0.39, 0.29) is 28.6 Å². The summed E-state index contributed by atoms with van der Waals surface area (Å²) in [5, 5.41) is 143. The van der Waals surface area contributed by atoms with Crippen LogP contribution < -0.4 is 0 Å². The van der Waals surface area contributed by atoms with Gasteiger partial charge in [0.25, 0.3) is 0 Å². The summed E-state index contributed by atoms with van der Waals surface area (Å²) in [5.74, 6) is 0.0326. The number of hydrogen-bond acceptors (Lipinski definition) is 23. The number of aliphatic hydroxyl groups excluding tert-OH is 13. The molecule has 0 amide bonds. The van der Waals surface area contributed by atoms with Crippen molar-refractivity contribution < 1.29 is 114 Å². The van der Waals surface area contributed by atoms with E-state index in [1.807, 2.05) is 6.92 Å². The molecule has 10 rings (SSSR count). The largest absolute Gasteiger partial charge is 0.394 e. The van der Waals surface area contributed by atoms with Gasteiger partial charge in [0, 0.05) is 16.7 Å². The summed E-state index contributed by atoms with van der Waals surface area (Å²) in [6.07, 6.45) is -26.4. The van der Waals surface area contributed by atoms with Gasteiger partial charge in [-0.1, -0.05) is 41.5 Å². The molecule has 0 aromatic heterocycles. The third kappa shape index (κ3) is 8.44. The lowest BCUT2D eigenvalue weighted by molar-refractivity contribution is -0.394. The van der Waals surface area contributed by atoms with Gasteiger partial charge in [0.05, 0.1) is 49.1 Å². The zero-order valence-electron chi connectivity index (χ0n) is 44.6. The van der Waals surface area contributed by atoms with Crippen LogP contribution in [0, 0.1) is 50.2 Å². The topological polar surface area (TPSA) is 363 Å². The molecule has 5 heterocycles. The SMILES string of the molecule is CC1OC(OC2C(OC3COC(OC4CCC5(C)C(CCC6(C)C5CCC57OC(O)C8(CCC(C)(C=O)CC85)C(O)CC67C)C4(C)C)C(OC4OC(CO)C(O)C(O)C4O)C3O)OC(CO)C(O)C2O)C(O)C(O)C1O. The molecule has 0 aromatic rings. The van der Waals surface area contributed by atoms with Crippen molar-refractivity contribution in [2.75, 3.05) is 19.8 Å². The standard InChI is InChI=1S/C53H86O23/c1-22-31(58)35(62)38(65)42(69-22)75-41-37(64)33(60)24(19-55)71-45(41)72-25-20-68-44(40(34(25)61)74-43-39(66)36(63)32(59)23(18-54)70-43)73-30-10-11-49(5)26(47(30,2)3)8-12-50(6)27(49)9-13-53-28-16-48(4,21-56)14-15-52(28,46(67)76-53)29(57)17-51(50,53)7/h21-46,54-55,57-67H,8-20H2,1-7H3. The van der Waals surface area contributed by atoms with E-state index in [9.17, 15) is 71.2 Å². The summed E-state index contributed by atoms with van der Waals surface area (Å²) < 4.78 is 55.9. The lowest BCUT2D eigenvalue weighted by Gasteiger charge is -2.75. The molecule has 5 saturated heterocycles. The molecule has 0 aromatic carbocycles. The number of ether oxygens (including phenoxy) is 9. The predicted molar refractivity (Wildman–Crippen MR) is 256 cm³/mol. The van der Waals surface area contributed by atoms with Gasteiger partial charge in [0.2, 0.25) is 0 Å². The lowest BCUT2D eigenvalue weighted by Crippen LogP contribution is -2.74. The van der Waals surface area contributed by atoms with Crippen molar-refractivity contribution in [2.45, 2.75) is 253 Å². The molecule has 10 fully saturated rings. The number of rotatable bonds is 11. The molecule has 0 radical (unpaired) electrons. The first-order valence-electron chi connectivity index (χ1n) is 27.7. The maximum atomic E-state index is 12.6. The minimum atomic E-state index is -1.90. The Morgan fingerprint density at radius 3 is 1.79 bits per heavy atom. The van der Waals surface area contributed by atoms with Crippen LogP contribution in [0.15, 0.2) is 0 Å². The van der Waals surface area contributed by atoms with Crippen LogP contribution in [0.2, 0.25) is 0 Å². The van der Waals surface area contributed by atoms with Crippen molar-refractivity contribution in [2.24, 2.45) is 50.2 Å². The normalized spacial score (nSPS) is 58.9. The Morgan fingerprint density at radius 1 is 0.553 bits per heavy atom. The average Bonchev–Trinajstić information content (AvgIpc) is 3.83. The molecule has 10 aliphatic rings. The first-order chi connectivity index (χ1) is 35.6. The summed E-state index contributed by atoms with van der Waals surface area (Å²) in [5.41, 5.74) is -3.89. The first-order valence-corrected chi connectivity index (χ1v) is 27.7. The fourth-order valence-corrected chi connectivity index (χ4v) is 17.7. The van der Waals surface area contributed by atoms with Gasteiger partial charge in [-0.25, -0.2) is 0 Å². The highest BCUT2D eigenvalue weighted by Crippen LogP contribution is 2.81. The third-order valence-corrected chi connectivity index (χ3v) is 22.4. The first kappa shape index (κ1) is 58.0. The van der Waals surface area contributed by atoms with Crippen LogP contribution in [0.5, 0.6) is 0 Å². The highest BCUT2D eigenvalue weighted by atomic mass is 16.8. The van der Waals surface area contributed by atoms with Crippen LogP contribution in [0.1, 0.15) is 113 Å². The molecule has 76 heavy (non-hydrogen) atoms. The molecule has 2 bridgehead atoms. The second kappa shape index (κ2) is 20.3. The summed E-state index contributed by atoms with van der Waals surface area (Å²) >= 11 is 0. The monoisotopic (exact) mass is 1090 g/mol. The number of carbonyl (C=O) groups excluding carboxylic acids is 1. The van der Waals surface area contributed by atoms with Crippen LogP contribution in [0.25, 0.3) is 0 Å². The van der Waals surface area contributed by atoms with Gasteiger partial charge in [0.15, 0.2) is 31.5 Å². The van der Waals surface area contributed by atoms with Crippen molar-refractivity contribution in [3.8, 4) is 0 Å². The highest BCUT2D eigenvalue weighted by Gasteiger charge is 2.82. The van der Waals surface area contributed by atoms with Crippen molar-refractivity contribution in [1.82, 2.24) is 0 Å². The van der Waals surface area contributed by atoms with Crippen LogP contribution >= 0.6 is 0 Å². The quantitative estimate of drug-likeness (QED) is 0.0772. The molecule has 31 atom stereocenters. The number of fused-ring (bicyclic) bond motifs is 4. The average molecular weight is 1090 g/mol. The van der Waals surface area contributed by atoms with Gasteiger partial charge in [0.1, 0.15) is 91.7 Å². The van der Waals surface area contributed by atoms with E-state index in [2.05, 4.69) is 34.6 Å². The van der Waals surface area contributed by atoms with E-state index in [4.69, 9.17) is 42.6 Å². The van der Waals surface area contributed by atoms with Gasteiger partial charge < -0.3 is 114 Å². The molecule has 1 spiro atoms. The predicted octanol–water partition coefficient (Wildman–Crippen LogP) is -2.19. The second-order valence-corrected chi connectivity index (χ2v) is 26.3. The van der Waals surface area contributed by atoms with E-state index < -0.39 is 182 Å². The summed E-state index contributed by atoms with van der Waals surface area (Å²) in [7, 11) is 0. The smallest absolute Gasteiger partial charge is 0.187 e. The summed E-state index contributed by atoms with van der Waals surface area (Å²) in [6.45, 7) is 12.6. The number of aliphatic hydroxyl groups is 13. The molecule has 5 aliphatic carbocycles. The molecule has 13 N–H and O–H groups in total. The Balaban J connectivity index is 0.906. The van der Waals surface area contributed by atoms with Crippen molar-refractivity contribution in [1.29, 1.82) is 0 Å². The third-order valence-electron chi connectivity index (χ3n) is 22.4. The summed E-state index contributed by atoms with van der Waals surface area (Å²) in [6, 6.07) is 0. The molecular weight excluding hydrogens is 1000 g/mol. The maximum absolute atomic E-state index is 12.6.